The summed E-state index contributed by atoms with van der Waals surface area (Å²) in [5.74, 6) is 1.84. The molecule has 1 atom stereocenters. The third-order valence-electron chi connectivity index (χ3n) is 6.62. The number of carbonyl (C=O) groups is 1. The van der Waals surface area contributed by atoms with Crippen molar-refractivity contribution < 1.29 is 4.79 Å². The maximum Gasteiger partial charge on any atom is 0.233 e. The molecule has 1 N–H and O–H groups in total. The highest BCUT2D eigenvalue weighted by atomic mass is 16.2. The quantitative estimate of drug-likeness (QED) is 0.691. The fraction of sp³-hybridized carbons (Fsp3) is 0.400. The molecule has 0 spiro atoms. The summed E-state index contributed by atoms with van der Waals surface area (Å²) in [4.78, 5) is 22.9. The van der Waals surface area contributed by atoms with Gasteiger partial charge in [-0.2, -0.15) is 5.10 Å². The van der Waals surface area contributed by atoms with E-state index in [-0.39, 0.29) is 17.4 Å². The highest BCUT2D eigenvalue weighted by Crippen LogP contribution is 2.50. The van der Waals surface area contributed by atoms with Crippen LogP contribution in [0.25, 0.3) is 0 Å². The van der Waals surface area contributed by atoms with Gasteiger partial charge in [-0.3, -0.25) is 14.8 Å². The highest BCUT2D eigenvalue weighted by molar-refractivity contribution is 5.91. The van der Waals surface area contributed by atoms with Gasteiger partial charge < -0.3 is 4.90 Å². The van der Waals surface area contributed by atoms with Crippen LogP contribution in [0.2, 0.25) is 0 Å². The molecule has 1 saturated heterocycles. The average molecular weight is 416 g/mol. The van der Waals surface area contributed by atoms with Crippen molar-refractivity contribution in [1.29, 1.82) is 0 Å². The van der Waals surface area contributed by atoms with Crippen LogP contribution in [-0.4, -0.2) is 50.5 Å². The lowest BCUT2D eigenvalue weighted by atomic mass is 9.94. The van der Waals surface area contributed by atoms with Crippen LogP contribution in [0.4, 0.5) is 0 Å². The molecule has 1 aliphatic heterocycles. The summed E-state index contributed by atoms with van der Waals surface area (Å²) >= 11 is 0. The molecule has 160 valence electrons. The third-order valence-corrected chi connectivity index (χ3v) is 6.62. The zero-order valence-electron chi connectivity index (χ0n) is 18.0. The van der Waals surface area contributed by atoms with Gasteiger partial charge in [0.05, 0.1) is 11.5 Å². The number of hydrogen-bond acceptors (Lipinski definition) is 4. The van der Waals surface area contributed by atoms with Crippen LogP contribution < -0.4 is 0 Å². The lowest BCUT2D eigenvalue weighted by Crippen LogP contribution is -2.43. The van der Waals surface area contributed by atoms with Gasteiger partial charge in [0.1, 0.15) is 5.82 Å². The molecule has 0 radical (unpaired) electrons. The van der Waals surface area contributed by atoms with Crippen LogP contribution in [0.15, 0.2) is 60.7 Å². The fourth-order valence-corrected chi connectivity index (χ4v) is 4.79. The van der Waals surface area contributed by atoms with Crippen LogP contribution in [0, 0.1) is 6.92 Å². The van der Waals surface area contributed by atoms with E-state index in [0.717, 1.165) is 56.1 Å². The second-order valence-electron chi connectivity index (χ2n) is 8.80. The van der Waals surface area contributed by atoms with E-state index in [1.807, 2.05) is 31.2 Å². The number of aromatic nitrogens is 3. The van der Waals surface area contributed by atoms with Crippen molar-refractivity contribution in [2.75, 3.05) is 19.6 Å². The van der Waals surface area contributed by atoms with Gasteiger partial charge in [0.25, 0.3) is 0 Å². The number of H-pyrrole nitrogens is 1. The summed E-state index contributed by atoms with van der Waals surface area (Å²) in [5, 5.41) is 7.48. The Morgan fingerprint density at radius 2 is 1.77 bits per heavy atom. The van der Waals surface area contributed by atoms with E-state index in [0.29, 0.717) is 6.54 Å². The van der Waals surface area contributed by atoms with Crippen LogP contribution in [0.3, 0.4) is 0 Å². The molecule has 1 unspecified atom stereocenters. The first-order chi connectivity index (χ1) is 15.2. The third kappa shape index (κ3) is 4.00. The number of hydrogen-bond donors (Lipinski definition) is 1. The van der Waals surface area contributed by atoms with E-state index in [9.17, 15) is 4.79 Å². The summed E-state index contributed by atoms with van der Waals surface area (Å²) in [6.07, 6.45) is 2.82. The predicted molar refractivity (Wildman–Crippen MR) is 119 cm³/mol. The van der Waals surface area contributed by atoms with Gasteiger partial charge in [-0.05, 0) is 37.3 Å². The number of carbonyl (C=O) groups excluding carboxylic acids is 1. The second kappa shape index (κ2) is 8.27. The monoisotopic (exact) mass is 415 g/mol. The maximum atomic E-state index is 13.7. The van der Waals surface area contributed by atoms with E-state index in [1.54, 1.807) is 0 Å². The standard InChI is InChI=1S/C25H29N5O/c1-19-26-23(28-27-19)22-18-30(16-8-15-29(22)17-20-9-4-2-5-10-20)24(31)25(13-14-25)21-11-6-3-7-12-21/h2-7,9-12,22H,8,13-18H2,1H3,(H,26,27,28). The summed E-state index contributed by atoms with van der Waals surface area (Å²) < 4.78 is 0. The molecule has 31 heavy (non-hydrogen) atoms. The number of nitrogens with one attached hydrogen (secondary N) is 1. The molecule has 0 bridgehead atoms. The SMILES string of the molecule is Cc1nc(C2CN(C(=O)C3(c4ccccc4)CC3)CCCN2Cc2ccccc2)n[nH]1. The van der Waals surface area contributed by atoms with E-state index in [1.165, 1.54) is 5.56 Å². The molecule has 1 saturated carbocycles. The van der Waals surface area contributed by atoms with E-state index in [4.69, 9.17) is 0 Å². The van der Waals surface area contributed by atoms with Crippen LogP contribution in [-0.2, 0) is 16.8 Å². The number of amides is 1. The summed E-state index contributed by atoms with van der Waals surface area (Å²) in [5.41, 5.74) is 2.08. The van der Waals surface area contributed by atoms with Gasteiger partial charge in [-0.15, -0.1) is 0 Å². The average Bonchev–Trinajstić information content (AvgIpc) is 3.55. The van der Waals surface area contributed by atoms with Crippen molar-refractivity contribution in [3.8, 4) is 0 Å². The van der Waals surface area contributed by atoms with Gasteiger partial charge >= 0.3 is 0 Å². The normalized spacial score (nSPS) is 20.9. The van der Waals surface area contributed by atoms with Crippen molar-refractivity contribution in [3.05, 3.63) is 83.4 Å². The Morgan fingerprint density at radius 1 is 1.06 bits per heavy atom. The lowest BCUT2D eigenvalue weighted by Gasteiger charge is -2.31. The van der Waals surface area contributed by atoms with Crippen molar-refractivity contribution in [1.82, 2.24) is 25.0 Å². The van der Waals surface area contributed by atoms with Crippen LogP contribution in [0.5, 0.6) is 0 Å². The molecule has 5 rings (SSSR count). The van der Waals surface area contributed by atoms with Crippen molar-refractivity contribution >= 4 is 5.91 Å². The lowest BCUT2D eigenvalue weighted by molar-refractivity contribution is -0.134. The first kappa shape index (κ1) is 19.9. The number of benzene rings is 2. The Kier molecular flexibility index (Phi) is 5.32. The molecule has 1 amide bonds. The number of aryl methyl sites for hydroxylation is 1. The Morgan fingerprint density at radius 3 is 2.42 bits per heavy atom. The zero-order valence-corrected chi connectivity index (χ0v) is 18.0. The summed E-state index contributed by atoms with van der Waals surface area (Å²) in [6.45, 7) is 5.06. The van der Waals surface area contributed by atoms with Crippen LogP contribution in [0.1, 0.15) is 48.1 Å². The second-order valence-corrected chi connectivity index (χ2v) is 8.80. The summed E-state index contributed by atoms with van der Waals surface area (Å²) in [7, 11) is 0. The largest absolute Gasteiger partial charge is 0.340 e. The fourth-order valence-electron chi connectivity index (χ4n) is 4.79. The number of aromatic amines is 1. The molecule has 3 aromatic rings. The number of nitrogens with zero attached hydrogens (tertiary/aromatic N) is 4. The minimum atomic E-state index is -0.338. The first-order valence-electron chi connectivity index (χ1n) is 11.2. The zero-order chi connectivity index (χ0) is 21.3. The van der Waals surface area contributed by atoms with Crippen LogP contribution >= 0.6 is 0 Å². The van der Waals surface area contributed by atoms with E-state index < -0.39 is 0 Å². The molecule has 2 fully saturated rings. The Bertz CT molecular complexity index is 1030. The maximum absolute atomic E-state index is 13.7. The predicted octanol–water partition coefficient (Wildman–Crippen LogP) is 3.62. The van der Waals surface area contributed by atoms with Gasteiger partial charge in [-0.1, -0.05) is 60.7 Å². The van der Waals surface area contributed by atoms with Crippen molar-refractivity contribution in [3.63, 3.8) is 0 Å². The number of rotatable bonds is 5. The van der Waals surface area contributed by atoms with Crippen molar-refractivity contribution in [2.24, 2.45) is 0 Å². The molecule has 1 aromatic heterocycles. The topological polar surface area (TPSA) is 65.1 Å². The Hall–Kier alpha value is -2.99. The molecule has 1 aliphatic carbocycles. The first-order valence-corrected chi connectivity index (χ1v) is 11.2. The Labute approximate surface area is 183 Å². The molecule has 2 heterocycles. The smallest absolute Gasteiger partial charge is 0.233 e. The van der Waals surface area contributed by atoms with Gasteiger partial charge in [-0.25, -0.2) is 4.98 Å². The van der Waals surface area contributed by atoms with Gasteiger partial charge in [0.2, 0.25) is 5.91 Å². The molecule has 6 nitrogen and oxygen atoms in total. The van der Waals surface area contributed by atoms with Gasteiger partial charge in [0, 0.05) is 26.2 Å². The van der Waals surface area contributed by atoms with E-state index >= 15 is 0 Å². The molecule has 2 aliphatic rings. The molecular weight excluding hydrogens is 386 g/mol. The van der Waals surface area contributed by atoms with Crippen molar-refractivity contribution in [2.45, 2.75) is 44.2 Å². The Balaban J connectivity index is 1.42. The molecule has 2 aromatic carbocycles. The minimum absolute atomic E-state index is 0.0248. The van der Waals surface area contributed by atoms with E-state index in [2.05, 4.69) is 61.4 Å². The summed E-state index contributed by atoms with van der Waals surface area (Å²) in [6, 6.07) is 20.8. The highest BCUT2D eigenvalue weighted by Gasteiger charge is 2.53. The molecular formula is C25H29N5O. The van der Waals surface area contributed by atoms with Gasteiger partial charge in [0.15, 0.2) is 5.82 Å². The molecule has 6 heteroatoms. The minimum Gasteiger partial charge on any atom is -0.340 e.